The lowest BCUT2D eigenvalue weighted by Gasteiger charge is -2.21. The molecule has 0 aliphatic heterocycles. The van der Waals surface area contributed by atoms with Gasteiger partial charge in [-0.25, -0.2) is 0 Å². The molecule has 2 atom stereocenters. The average Bonchev–Trinajstić information content (AvgIpc) is 2.30. The van der Waals surface area contributed by atoms with Crippen molar-refractivity contribution in [3.05, 3.63) is 34.9 Å². The number of alkyl halides is 1. The van der Waals surface area contributed by atoms with Crippen molar-refractivity contribution in [2.24, 2.45) is 5.92 Å². The minimum atomic E-state index is 0.460. The molecule has 1 aromatic carbocycles. The Bertz CT molecular complexity index is 294. The summed E-state index contributed by atoms with van der Waals surface area (Å²) in [5, 5.41) is 0.810. The maximum Gasteiger partial charge on any atom is 0.0423 e. The second kappa shape index (κ2) is 7.34. The first kappa shape index (κ1) is 14.1. The molecule has 0 saturated heterocycles. The zero-order chi connectivity index (χ0) is 12.0. The molecule has 2 heteroatoms. The Kier molecular flexibility index (Phi) is 6.45. The van der Waals surface area contributed by atoms with E-state index in [1.807, 2.05) is 12.1 Å². The molecule has 0 fully saturated rings. The Morgan fingerprint density at radius 2 is 1.81 bits per heavy atom. The van der Waals surface area contributed by atoms with Gasteiger partial charge in [0.2, 0.25) is 0 Å². The molecule has 0 radical (unpaired) electrons. The van der Waals surface area contributed by atoms with Gasteiger partial charge in [0.1, 0.15) is 0 Å². The summed E-state index contributed by atoms with van der Waals surface area (Å²) in [5.41, 5.74) is 1.34. The van der Waals surface area contributed by atoms with Gasteiger partial charge < -0.3 is 0 Å². The Morgan fingerprint density at radius 1 is 1.19 bits per heavy atom. The molecule has 0 aliphatic carbocycles. The third-order valence-corrected chi connectivity index (χ3v) is 4.58. The third kappa shape index (κ3) is 4.10. The van der Waals surface area contributed by atoms with Crippen LogP contribution in [0.5, 0.6) is 0 Å². The van der Waals surface area contributed by atoms with Crippen LogP contribution in [0, 0.1) is 5.92 Å². The van der Waals surface area contributed by atoms with Gasteiger partial charge in [-0.2, -0.15) is 0 Å². The SMILES string of the molecule is CCCCC(CC)C(Br)c1ccc(Cl)cc1. The normalized spacial score (nSPS) is 14.8. The summed E-state index contributed by atoms with van der Waals surface area (Å²) in [6, 6.07) is 8.18. The molecule has 0 nitrogen and oxygen atoms in total. The number of halogens is 2. The minimum Gasteiger partial charge on any atom is -0.0843 e. The highest BCUT2D eigenvalue weighted by Gasteiger charge is 2.18. The van der Waals surface area contributed by atoms with Gasteiger partial charge in [-0.05, 0) is 30.0 Å². The standard InChI is InChI=1S/C14H20BrCl/c1-3-5-6-11(4-2)14(15)12-7-9-13(16)10-8-12/h7-11,14H,3-6H2,1-2H3. The Labute approximate surface area is 113 Å². The summed E-state index contributed by atoms with van der Waals surface area (Å²) >= 11 is 9.72. The molecule has 0 amide bonds. The van der Waals surface area contributed by atoms with E-state index in [9.17, 15) is 0 Å². The summed E-state index contributed by atoms with van der Waals surface area (Å²) in [6.45, 7) is 4.52. The van der Waals surface area contributed by atoms with E-state index in [0.29, 0.717) is 4.83 Å². The van der Waals surface area contributed by atoms with Crippen molar-refractivity contribution in [2.45, 2.75) is 44.4 Å². The topological polar surface area (TPSA) is 0 Å². The van der Waals surface area contributed by atoms with Crippen molar-refractivity contribution in [1.82, 2.24) is 0 Å². The van der Waals surface area contributed by atoms with Crippen molar-refractivity contribution < 1.29 is 0 Å². The summed E-state index contributed by atoms with van der Waals surface area (Å²) in [7, 11) is 0. The molecule has 0 saturated carbocycles. The first-order chi connectivity index (χ1) is 7.69. The average molecular weight is 304 g/mol. The lowest BCUT2D eigenvalue weighted by atomic mass is 9.92. The fourth-order valence-electron chi connectivity index (χ4n) is 1.94. The van der Waals surface area contributed by atoms with Gasteiger partial charge in [0.15, 0.2) is 0 Å². The monoisotopic (exact) mass is 302 g/mol. The second-order valence-electron chi connectivity index (χ2n) is 4.26. The highest BCUT2D eigenvalue weighted by atomic mass is 79.9. The van der Waals surface area contributed by atoms with Crippen LogP contribution in [-0.4, -0.2) is 0 Å². The van der Waals surface area contributed by atoms with Gasteiger partial charge in [0.05, 0.1) is 0 Å². The van der Waals surface area contributed by atoms with Crippen LogP contribution in [-0.2, 0) is 0 Å². The van der Waals surface area contributed by atoms with Crippen LogP contribution in [0.3, 0.4) is 0 Å². The van der Waals surface area contributed by atoms with Crippen LogP contribution in [0.15, 0.2) is 24.3 Å². The van der Waals surface area contributed by atoms with E-state index in [0.717, 1.165) is 10.9 Å². The Morgan fingerprint density at radius 3 is 2.31 bits per heavy atom. The van der Waals surface area contributed by atoms with E-state index in [4.69, 9.17) is 11.6 Å². The van der Waals surface area contributed by atoms with Gasteiger partial charge in [-0.3, -0.25) is 0 Å². The van der Waals surface area contributed by atoms with Crippen molar-refractivity contribution in [1.29, 1.82) is 0 Å². The van der Waals surface area contributed by atoms with Crippen LogP contribution >= 0.6 is 27.5 Å². The largest absolute Gasteiger partial charge is 0.0843 e. The number of unbranched alkanes of at least 4 members (excludes halogenated alkanes) is 1. The molecule has 1 rings (SSSR count). The summed E-state index contributed by atoms with van der Waals surface area (Å²) in [6.07, 6.45) is 5.11. The zero-order valence-corrected chi connectivity index (χ0v) is 12.4. The summed E-state index contributed by atoms with van der Waals surface area (Å²) in [4.78, 5) is 0.460. The molecule has 0 aromatic heterocycles. The molecular weight excluding hydrogens is 284 g/mol. The maximum absolute atomic E-state index is 5.90. The fourth-order valence-corrected chi connectivity index (χ4v) is 3.01. The van der Waals surface area contributed by atoms with Crippen molar-refractivity contribution >= 4 is 27.5 Å². The van der Waals surface area contributed by atoms with E-state index in [-0.39, 0.29) is 0 Å². The molecule has 0 spiro atoms. The second-order valence-corrected chi connectivity index (χ2v) is 5.69. The molecule has 0 bridgehead atoms. The fraction of sp³-hybridized carbons (Fsp3) is 0.571. The lowest BCUT2D eigenvalue weighted by Crippen LogP contribution is -2.06. The predicted molar refractivity (Wildman–Crippen MR) is 76.4 cm³/mol. The molecule has 0 heterocycles. The number of rotatable bonds is 6. The molecule has 16 heavy (non-hydrogen) atoms. The Balaban J connectivity index is 2.66. The van der Waals surface area contributed by atoms with Crippen LogP contribution in [0.2, 0.25) is 5.02 Å². The van der Waals surface area contributed by atoms with E-state index in [1.165, 1.54) is 31.2 Å². The molecule has 90 valence electrons. The van der Waals surface area contributed by atoms with E-state index in [1.54, 1.807) is 0 Å². The first-order valence-electron chi connectivity index (χ1n) is 6.08. The highest BCUT2D eigenvalue weighted by Crippen LogP contribution is 2.36. The number of benzene rings is 1. The molecule has 0 N–H and O–H groups in total. The van der Waals surface area contributed by atoms with Crippen LogP contribution in [0.4, 0.5) is 0 Å². The van der Waals surface area contributed by atoms with Crippen molar-refractivity contribution in [3.8, 4) is 0 Å². The molecule has 1 aromatic rings. The van der Waals surface area contributed by atoms with Crippen LogP contribution in [0.1, 0.15) is 49.9 Å². The van der Waals surface area contributed by atoms with Crippen LogP contribution < -0.4 is 0 Å². The third-order valence-electron chi connectivity index (χ3n) is 3.06. The number of hydrogen-bond donors (Lipinski definition) is 0. The van der Waals surface area contributed by atoms with Gasteiger partial charge in [0, 0.05) is 9.85 Å². The quantitative estimate of drug-likeness (QED) is 0.566. The molecular formula is C14H20BrCl. The smallest absolute Gasteiger partial charge is 0.0423 e. The Hall–Kier alpha value is -0.0100. The maximum atomic E-state index is 5.90. The summed E-state index contributed by atoms with van der Waals surface area (Å²) in [5.74, 6) is 0.723. The van der Waals surface area contributed by atoms with E-state index < -0.39 is 0 Å². The first-order valence-corrected chi connectivity index (χ1v) is 7.37. The van der Waals surface area contributed by atoms with Crippen molar-refractivity contribution in [3.63, 3.8) is 0 Å². The zero-order valence-electron chi connectivity index (χ0n) is 10.0. The van der Waals surface area contributed by atoms with Gasteiger partial charge >= 0.3 is 0 Å². The van der Waals surface area contributed by atoms with Gasteiger partial charge in [-0.1, -0.05) is 72.8 Å². The molecule has 2 unspecified atom stereocenters. The minimum absolute atomic E-state index is 0.460. The number of hydrogen-bond acceptors (Lipinski definition) is 0. The van der Waals surface area contributed by atoms with Crippen LogP contribution in [0.25, 0.3) is 0 Å². The highest BCUT2D eigenvalue weighted by molar-refractivity contribution is 9.09. The predicted octanol–water partition coefficient (Wildman–Crippen LogP) is 5.99. The van der Waals surface area contributed by atoms with Crippen molar-refractivity contribution in [2.75, 3.05) is 0 Å². The van der Waals surface area contributed by atoms with E-state index >= 15 is 0 Å². The van der Waals surface area contributed by atoms with Gasteiger partial charge in [-0.15, -0.1) is 0 Å². The van der Waals surface area contributed by atoms with Gasteiger partial charge in [0.25, 0.3) is 0 Å². The summed E-state index contributed by atoms with van der Waals surface area (Å²) < 4.78 is 0. The lowest BCUT2D eigenvalue weighted by molar-refractivity contribution is 0.446. The molecule has 0 aliphatic rings. The van der Waals surface area contributed by atoms with E-state index in [2.05, 4.69) is 41.9 Å².